The van der Waals surface area contributed by atoms with Gasteiger partial charge in [-0.25, -0.2) is 4.68 Å². The fourth-order valence-corrected chi connectivity index (χ4v) is 3.07. The van der Waals surface area contributed by atoms with Crippen LogP contribution in [0.15, 0.2) is 29.4 Å². The largest absolute Gasteiger partial charge is 0.349 e. The molecule has 0 saturated carbocycles. The van der Waals surface area contributed by atoms with E-state index in [1.165, 1.54) is 11.8 Å². The number of hydrogen-bond acceptors (Lipinski definition) is 5. The Morgan fingerprint density at radius 3 is 2.67 bits per heavy atom. The van der Waals surface area contributed by atoms with Crippen molar-refractivity contribution in [3.8, 4) is 0 Å². The zero-order chi connectivity index (χ0) is 17.5. The van der Waals surface area contributed by atoms with Gasteiger partial charge in [0.25, 0.3) is 0 Å². The van der Waals surface area contributed by atoms with Crippen LogP contribution in [0.25, 0.3) is 0 Å². The van der Waals surface area contributed by atoms with Gasteiger partial charge in [0.05, 0.1) is 11.8 Å². The van der Waals surface area contributed by atoms with Crippen molar-refractivity contribution in [2.24, 2.45) is 5.92 Å². The summed E-state index contributed by atoms with van der Waals surface area (Å²) in [6.45, 7) is 6.97. The van der Waals surface area contributed by atoms with Crippen LogP contribution in [0.5, 0.6) is 0 Å². The van der Waals surface area contributed by atoms with Gasteiger partial charge in [0.15, 0.2) is 0 Å². The lowest BCUT2D eigenvalue weighted by Gasteiger charge is -2.17. The Morgan fingerprint density at radius 1 is 1.33 bits per heavy atom. The van der Waals surface area contributed by atoms with Crippen molar-refractivity contribution in [2.75, 3.05) is 5.75 Å². The van der Waals surface area contributed by atoms with E-state index in [0.29, 0.717) is 16.1 Å². The van der Waals surface area contributed by atoms with Crippen LogP contribution in [0.4, 0.5) is 0 Å². The first-order chi connectivity index (χ1) is 11.5. The minimum absolute atomic E-state index is 0.0259. The third kappa shape index (κ3) is 5.49. The standard InChI is InChI=1S/C16H22ClN5OS/c1-4-14(12-5-7-13(17)8-6-12)18-15(23)10-24-16-19-20-21-22(16)9-11(2)3/h5-8,11,14H,4,9-10H2,1-3H3,(H,18,23). The normalized spacial score (nSPS) is 12.4. The summed E-state index contributed by atoms with van der Waals surface area (Å²) in [7, 11) is 0. The number of benzene rings is 1. The number of halogens is 1. The summed E-state index contributed by atoms with van der Waals surface area (Å²) in [6.07, 6.45) is 0.809. The lowest BCUT2D eigenvalue weighted by Crippen LogP contribution is -2.29. The summed E-state index contributed by atoms with van der Waals surface area (Å²) in [4.78, 5) is 12.2. The molecule has 24 heavy (non-hydrogen) atoms. The van der Waals surface area contributed by atoms with Crippen LogP contribution in [0.2, 0.25) is 5.02 Å². The molecule has 6 nitrogen and oxygen atoms in total. The number of tetrazole rings is 1. The number of carbonyl (C=O) groups excluding carboxylic acids is 1. The number of nitrogens with one attached hydrogen (secondary N) is 1. The Morgan fingerprint density at radius 2 is 2.04 bits per heavy atom. The Labute approximate surface area is 151 Å². The van der Waals surface area contributed by atoms with Crippen molar-refractivity contribution in [3.63, 3.8) is 0 Å². The van der Waals surface area contributed by atoms with Gasteiger partial charge in [0.2, 0.25) is 11.1 Å². The number of amides is 1. The fraction of sp³-hybridized carbons (Fsp3) is 0.500. The van der Waals surface area contributed by atoms with E-state index < -0.39 is 0 Å². The molecule has 0 aliphatic rings. The van der Waals surface area contributed by atoms with Crippen molar-refractivity contribution >= 4 is 29.3 Å². The van der Waals surface area contributed by atoms with Gasteiger partial charge in [-0.1, -0.05) is 56.3 Å². The van der Waals surface area contributed by atoms with Gasteiger partial charge in [-0.2, -0.15) is 0 Å². The van der Waals surface area contributed by atoms with E-state index in [1.807, 2.05) is 31.2 Å². The highest BCUT2D eigenvalue weighted by molar-refractivity contribution is 7.99. The summed E-state index contributed by atoms with van der Waals surface area (Å²) < 4.78 is 1.74. The summed E-state index contributed by atoms with van der Waals surface area (Å²) in [5.41, 5.74) is 1.05. The Hall–Kier alpha value is -1.60. The van der Waals surface area contributed by atoms with Gasteiger partial charge < -0.3 is 5.32 Å². The van der Waals surface area contributed by atoms with Crippen molar-refractivity contribution in [1.29, 1.82) is 0 Å². The summed E-state index contributed by atoms with van der Waals surface area (Å²) in [6, 6.07) is 7.52. The minimum Gasteiger partial charge on any atom is -0.349 e. The summed E-state index contributed by atoms with van der Waals surface area (Å²) in [5, 5.41) is 16.0. The second-order valence-electron chi connectivity index (χ2n) is 5.91. The molecule has 1 heterocycles. The first-order valence-corrected chi connectivity index (χ1v) is 9.29. The lowest BCUT2D eigenvalue weighted by atomic mass is 10.0. The molecule has 1 unspecified atom stereocenters. The van der Waals surface area contributed by atoms with Crippen LogP contribution in [0, 0.1) is 5.92 Å². The average Bonchev–Trinajstić information content (AvgIpc) is 2.98. The monoisotopic (exact) mass is 367 g/mol. The highest BCUT2D eigenvalue weighted by Crippen LogP contribution is 2.20. The lowest BCUT2D eigenvalue weighted by molar-refractivity contribution is -0.119. The first-order valence-electron chi connectivity index (χ1n) is 7.93. The zero-order valence-corrected chi connectivity index (χ0v) is 15.6. The summed E-state index contributed by atoms with van der Waals surface area (Å²) >= 11 is 7.26. The van der Waals surface area contributed by atoms with Crippen molar-refractivity contribution in [2.45, 2.75) is 44.9 Å². The van der Waals surface area contributed by atoms with Crippen LogP contribution in [0.3, 0.4) is 0 Å². The molecule has 130 valence electrons. The van der Waals surface area contributed by atoms with Gasteiger partial charge >= 0.3 is 0 Å². The molecular weight excluding hydrogens is 346 g/mol. The highest BCUT2D eigenvalue weighted by Gasteiger charge is 2.15. The van der Waals surface area contributed by atoms with Crippen LogP contribution in [-0.4, -0.2) is 31.9 Å². The molecule has 1 amide bonds. The third-order valence-corrected chi connectivity index (χ3v) is 4.59. The van der Waals surface area contributed by atoms with Crippen molar-refractivity contribution in [1.82, 2.24) is 25.5 Å². The number of aromatic nitrogens is 4. The maximum Gasteiger partial charge on any atom is 0.230 e. The topological polar surface area (TPSA) is 72.7 Å². The molecule has 1 N–H and O–H groups in total. The Balaban J connectivity index is 1.90. The van der Waals surface area contributed by atoms with Gasteiger partial charge in [0.1, 0.15) is 0 Å². The number of thioether (sulfide) groups is 1. The molecule has 0 aliphatic heterocycles. The van der Waals surface area contributed by atoms with Crippen LogP contribution in [-0.2, 0) is 11.3 Å². The van der Waals surface area contributed by atoms with E-state index >= 15 is 0 Å². The number of hydrogen-bond donors (Lipinski definition) is 1. The van der Waals surface area contributed by atoms with E-state index in [0.717, 1.165) is 18.5 Å². The smallest absolute Gasteiger partial charge is 0.230 e. The molecule has 8 heteroatoms. The van der Waals surface area contributed by atoms with Crippen molar-refractivity contribution in [3.05, 3.63) is 34.9 Å². The quantitative estimate of drug-likeness (QED) is 0.724. The van der Waals surface area contributed by atoms with E-state index in [4.69, 9.17) is 11.6 Å². The molecule has 1 aromatic heterocycles. The second-order valence-corrected chi connectivity index (χ2v) is 7.28. The van der Waals surface area contributed by atoms with Gasteiger partial charge in [-0.05, 0) is 40.5 Å². The molecule has 2 rings (SSSR count). The van der Waals surface area contributed by atoms with Gasteiger partial charge in [-0.3, -0.25) is 4.79 Å². The molecule has 0 aliphatic carbocycles. The molecule has 1 atom stereocenters. The summed E-state index contributed by atoms with van der Waals surface area (Å²) in [5.74, 6) is 0.680. The maximum absolute atomic E-state index is 12.2. The Kier molecular flexibility index (Phi) is 7.05. The molecule has 0 radical (unpaired) electrons. The molecular formula is C16H22ClN5OS. The average molecular weight is 368 g/mol. The molecule has 1 aromatic carbocycles. The van der Waals surface area contributed by atoms with Gasteiger partial charge in [-0.15, -0.1) is 5.10 Å². The van der Waals surface area contributed by atoms with Crippen LogP contribution < -0.4 is 5.32 Å². The van der Waals surface area contributed by atoms with E-state index in [2.05, 4.69) is 34.7 Å². The third-order valence-electron chi connectivity index (χ3n) is 3.39. The fourth-order valence-electron chi connectivity index (χ4n) is 2.24. The van der Waals surface area contributed by atoms with E-state index in [1.54, 1.807) is 4.68 Å². The molecule has 2 aromatic rings. The molecule has 0 spiro atoms. The first kappa shape index (κ1) is 18.7. The predicted molar refractivity (Wildman–Crippen MR) is 96.0 cm³/mol. The molecule has 0 saturated heterocycles. The maximum atomic E-state index is 12.2. The predicted octanol–water partition coefficient (Wildman–Crippen LogP) is 3.34. The van der Waals surface area contributed by atoms with E-state index in [-0.39, 0.29) is 17.7 Å². The van der Waals surface area contributed by atoms with Crippen LogP contribution in [0.1, 0.15) is 38.8 Å². The number of nitrogens with zero attached hydrogens (tertiary/aromatic N) is 4. The number of rotatable bonds is 8. The molecule has 0 fully saturated rings. The SMILES string of the molecule is CCC(NC(=O)CSc1nnnn1CC(C)C)c1ccc(Cl)cc1. The van der Waals surface area contributed by atoms with E-state index in [9.17, 15) is 4.79 Å². The Bertz CT molecular complexity index is 659. The zero-order valence-electron chi connectivity index (χ0n) is 14.1. The van der Waals surface area contributed by atoms with Crippen molar-refractivity contribution < 1.29 is 4.79 Å². The number of carbonyl (C=O) groups is 1. The molecule has 0 bridgehead atoms. The highest BCUT2D eigenvalue weighted by atomic mass is 35.5. The van der Waals surface area contributed by atoms with Gasteiger partial charge in [0, 0.05) is 11.6 Å². The second kappa shape index (κ2) is 9.03. The van der Waals surface area contributed by atoms with Crippen LogP contribution >= 0.6 is 23.4 Å². The minimum atomic E-state index is -0.0408.